The van der Waals surface area contributed by atoms with Crippen molar-refractivity contribution in [3.05, 3.63) is 65.2 Å². The van der Waals surface area contributed by atoms with Crippen molar-refractivity contribution >= 4 is 10.8 Å². The highest BCUT2D eigenvalue weighted by Crippen LogP contribution is 2.45. The van der Waals surface area contributed by atoms with Crippen LogP contribution in [-0.2, 0) is 6.42 Å². The van der Waals surface area contributed by atoms with Gasteiger partial charge in [-0.15, -0.1) is 0 Å². The summed E-state index contributed by atoms with van der Waals surface area (Å²) in [5.41, 5.74) is 6.44. The molecule has 3 aromatic rings. The van der Waals surface area contributed by atoms with Crippen molar-refractivity contribution in [1.29, 1.82) is 0 Å². The third kappa shape index (κ3) is 1.36. The molecule has 3 aromatic carbocycles. The molecule has 0 aromatic heterocycles. The normalized spacial score (nSPS) is 12.5. The molecule has 0 saturated carbocycles. The maximum atomic E-state index is 10.2. The highest BCUT2D eigenvalue weighted by atomic mass is 16.3. The van der Waals surface area contributed by atoms with E-state index in [-0.39, 0.29) is 0 Å². The third-order valence-corrected chi connectivity index (χ3v) is 4.10. The van der Waals surface area contributed by atoms with Crippen LogP contribution in [0.4, 0.5) is 0 Å². The second kappa shape index (κ2) is 3.61. The zero-order valence-corrected chi connectivity index (χ0v) is 10.8. The Hall–Kier alpha value is -2.28. The predicted molar refractivity (Wildman–Crippen MR) is 78.6 cm³/mol. The Morgan fingerprint density at radius 1 is 0.947 bits per heavy atom. The average Bonchev–Trinajstić information content (AvgIpc) is 2.77. The van der Waals surface area contributed by atoms with E-state index in [0.29, 0.717) is 5.75 Å². The summed E-state index contributed by atoms with van der Waals surface area (Å²) < 4.78 is 0. The van der Waals surface area contributed by atoms with Crippen molar-refractivity contribution in [2.24, 2.45) is 0 Å². The average molecular weight is 246 g/mol. The lowest BCUT2D eigenvalue weighted by Gasteiger charge is -2.11. The molecule has 0 aliphatic heterocycles. The smallest absolute Gasteiger partial charge is 0.123 e. The fourth-order valence-electron chi connectivity index (χ4n) is 3.26. The Morgan fingerprint density at radius 2 is 1.79 bits per heavy atom. The number of hydrogen-bond acceptors (Lipinski definition) is 1. The molecule has 0 fully saturated rings. The maximum absolute atomic E-state index is 10.2. The first-order valence-corrected chi connectivity index (χ1v) is 6.58. The van der Waals surface area contributed by atoms with E-state index in [2.05, 4.69) is 37.3 Å². The summed E-state index contributed by atoms with van der Waals surface area (Å²) in [4.78, 5) is 0. The van der Waals surface area contributed by atoms with Gasteiger partial charge in [-0.25, -0.2) is 0 Å². The highest BCUT2D eigenvalue weighted by Gasteiger charge is 2.22. The van der Waals surface area contributed by atoms with E-state index in [9.17, 15) is 5.11 Å². The van der Waals surface area contributed by atoms with Crippen molar-refractivity contribution in [2.75, 3.05) is 0 Å². The topological polar surface area (TPSA) is 20.2 Å². The standard InChI is InChI=1S/C18H14O/c1-11-5-4-8-15-16(19)10-13-9-12-6-2-3-7-14(12)18(13)17(11)15/h2-8,10,19H,9H2,1H3. The number of phenolic OH excluding ortho intramolecular Hbond substituents is 1. The lowest BCUT2D eigenvalue weighted by atomic mass is 9.94. The largest absolute Gasteiger partial charge is 0.507 e. The minimum atomic E-state index is 0.394. The van der Waals surface area contributed by atoms with Gasteiger partial charge in [-0.2, -0.15) is 0 Å². The number of hydrogen-bond donors (Lipinski definition) is 1. The molecule has 0 unspecified atom stereocenters. The van der Waals surface area contributed by atoms with Crippen LogP contribution in [-0.4, -0.2) is 5.11 Å². The van der Waals surface area contributed by atoms with Gasteiger partial charge in [0.25, 0.3) is 0 Å². The minimum Gasteiger partial charge on any atom is -0.507 e. The van der Waals surface area contributed by atoms with Gasteiger partial charge in [0, 0.05) is 5.39 Å². The summed E-state index contributed by atoms with van der Waals surface area (Å²) in [6.07, 6.45) is 0.920. The van der Waals surface area contributed by atoms with Gasteiger partial charge in [-0.1, -0.05) is 42.5 Å². The van der Waals surface area contributed by atoms with Gasteiger partial charge in [-0.3, -0.25) is 0 Å². The lowest BCUT2D eigenvalue weighted by molar-refractivity contribution is 0.481. The Bertz CT molecular complexity index is 815. The predicted octanol–water partition coefficient (Wildman–Crippen LogP) is 4.43. The quantitative estimate of drug-likeness (QED) is 0.487. The van der Waals surface area contributed by atoms with Crippen molar-refractivity contribution in [1.82, 2.24) is 0 Å². The molecule has 0 amide bonds. The van der Waals surface area contributed by atoms with Gasteiger partial charge in [0.1, 0.15) is 5.75 Å². The van der Waals surface area contributed by atoms with Gasteiger partial charge in [0.15, 0.2) is 0 Å². The van der Waals surface area contributed by atoms with Crippen LogP contribution in [0.1, 0.15) is 16.7 Å². The van der Waals surface area contributed by atoms with Crippen LogP contribution < -0.4 is 0 Å². The van der Waals surface area contributed by atoms with Crippen LogP contribution in [0.2, 0.25) is 0 Å². The second-order valence-electron chi connectivity index (χ2n) is 5.26. The zero-order valence-electron chi connectivity index (χ0n) is 10.8. The Kier molecular flexibility index (Phi) is 2.02. The van der Waals surface area contributed by atoms with Gasteiger partial charge in [-0.05, 0) is 52.6 Å². The molecule has 0 atom stereocenters. The Morgan fingerprint density at radius 3 is 2.68 bits per heavy atom. The van der Waals surface area contributed by atoms with Crippen LogP contribution in [0.3, 0.4) is 0 Å². The Balaban J connectivity index is 2.22. The van der Waals surface area contributed by atoms with Crippen molar-refractivity contribution in [3.8, 4) is 16.9 Å². The van der Waals surface area contributed by atoms with Crippen molar-refractivity contribution in [2.45, 2.75) is 13.3 Å². The van der Waals surface area contributed by atoms with Gasteiger partial charge >= 0.3 is 0 Å². The van der Waals surface area contributed by atoms with Crippen LogP contribution in [0, 0.1) is 6.92 Å². The number of aromatic hydroxyl groups is 1. The molecule has 4 rings (SSSR count). The fraction of sp³-hybridized carbons (Fsp3) is 0.111. The monoisotopic (exact) mass is 246 g/mol. The minimum absolute atomic E-state index is 0.394. The van der Waals surface area contributed by atoms with E-state index < -0.39 is 0 Å². The molecule has 1 aliphatic rings. The third-order valence-electron chi connectivity index (χ3n) is 4.10. The number of benzene rings is 3. The first kappa shape index (κ1) is 10.6. The molecule has 1 aliphatic carbocycles. The molecule has 19 heavy (non-hydrogen) atoms. The van der Waals surface area contributed by atoms with E-state index in [1.165, 1.54) is 33.2 Å². The molecule has 0 bridgehead atoms. The molecule has 0 radical (unpaired) electrons. The lowest BCUT2D eigenvalue weighted by Crippen LogP contribution is -1.86. The van der Waals surface area contributed by atoms with E-state index in [0.717, 1.165) is 11.8 Å². The SMILES string of the molecule is Cc1cccc2c(O)cc3c(c12)-c1ccccc1C3. The van der Waals surface area contributed by atoms with E-state index >= 15 is 0 Å². The van der Waals surface area contributed by atoms with E-state index in [4.69, 9.17) is 0 Å². The molecule has 0 heterocycles. The van der Waals surface area contributed by atoms with Crippen LogP contribution >= 0.6 is 0 Å². The summed E-state index contributed by atoms with van der Waals surface area (Å²) in [7, 11) is 0. The molecule has 1 N–H and O–H groups in total. The fourth-order valence-corrected chi connectivity index (χ4v) is 3.26. The zero-order chi connectivity index (χ0) is 13.0. The first-order chi connectivity index (χ1) is 9.25. The van der Waals surface area contributed by atoms with E-state index in [1.807, 2.05) is 18.2 Å². The molecule has 0 spiro atoms. The molecular weight excluding hydrogens is 232 g/mol. The summed E-state index contributed by atoms with van der Waals surface area (Å²) in [5.74, 6) is 0.394. The maximum Gasteiger partial charge on any atom is 0.123 e. The summed E-state index contributed by atoms with van der Waals surface area (Å²) in [6.45, 7) is 2.11. The number of phenols is 1. The van der Waals surface area contributed by atoms with Crippen molar-refractivity contribution < 1.29 is 5.11 Å². The number of aryl methyl sites for hydroxylation is 1. The Labute approximate surface area is 112 Å². The molecular formula is C18H14O. The number of fused-ring (bicyclic) bond motifs is 5. The van der Waals surface area contributed by atoms with Crippen molar-refractivity contribution in [3.63, 3.8) is 0 Å². The van der Waals surface area contributed by atoms with E-state index in [1.54, 1.807) is 0 Å². The van der Waals surface area contributed by atoms with Gasteiger partial charge in [0.2, 0.25) is 0 Å². The molecule has 0 saturated heterocycles. The molecule has 1 heteroatoms. The molecule has 92 valence electrons. The second-order valence-corrected chi connectivity index (χ2v) is 5.26. The first-order valence-electron chi connectivity index (χ1n) is 6.58. The summed E-state index contributed by atoms with van der Waals surface area (Å²) in [5, 5.41) is 12.4. The van der Waals surface area contributed by atoms with Crippen LogP contribution in [0.15, 0.2) is 48.5 Å². The van der Waals surface area contributed by atoms with Gasteiger partial charge < -0.3 is 5.11 Å². The number of rotatable bonds is 0. The van der Waals surface area contributed by atoms with Crippen LogP contribution in [0.25, 0.3) is 21.9 Å². The summed E-state index contributed by atoms with van der Waals surface area (Å²) >= 11 is 0. The van der Waals surface area contributed by atoms with Gasteiger partial charge in [0.05, 0.1) is 0 Å². The van der Waals surface area contributed by atoms with Crippen LogP contribution in [0.5, 0.6) is 5.75 Å². The molecule has 1 nitrogen and oxygen atoms in total. The summed E-state index contributed by atoms with van der Waals surface area (Å²) in [6, 6.07) is 16.6. The highest BCUT2D eigenvalue weighted by molar-refractivity contribution is 6.05.